The van der Waals surface area contributed by atoms with E-state index < -0.39 is 0 Å². The van der Waals surface area contributed by atoms with Crippen LogP contribution in [0, 0.1) is 0 Å². The molecule has 22 heavy (non-hydrogen) atoms. The van der Waals surface area contributed by atoms with E-state index in [1.54, 1.807) is 6.20 Å². The van der Waals surface area contributed by atoms with Crippen LogP contribution in [0.15, 0.2) is 48.9 Å². The summed E-state index contributed by atoms with van der Waals surface area (Å²) in [5, 5.41) is 2.98. The third kappa shape index (κ3) is 3.36. The zero-order valence-electron chi connectivity index (χ0n) is 12.6. The zero-order chi connectivity index (χ0) is 15.3. The zero-order valence-corrected chi connectivity index (χ0v) is 12.6. The van der Waals surface area contributed by atoms with Gasteiger partial charge in [0.1, 0.15) is 0 Å². The van der Waals surface area contributed by atoms with Crippen LogP contribution >= 0.6 is 0 Å². The van der Waals surface area contributed by atoms with Crippen molar-refractivity contribution < 1.29 is 9.53 Å². The van der Waals surface area contributed by atoms with Crippen molar-refractivity contribution in [1.82, 2.24) is 14.9 Å². The van der Waals surface area contributed by atoms with Crippen LogP contribution in [0.25, 0.3) is 0 Å². The molecule has 0 aliphatic carbocycles. The molecule has 1 saturated heterocycles. The van der Waals surface area contributed by atoms with E-state index in [1.807, 2.05) is 42.7 Å². The molecule has 3 rings (SSSR count). The predicted molar refractivity (Wildman–Crippen MR) is 83.2 cm³/mol. The number of hydrogen-bond acceptors (Lipinski definition) is 3. The van der Waals surface area contributed by atoms with Gasteiger partial charge in [0, 0.05) is 31.8 Å². The first-order valence-electron chi connectivity index (χ1n) is 7.66. The van der Waals surface area contributed by atoms with Gasteiger partial charge < -0.3 is 14.6 Å². The molecule has 0 spiro atoms. The normalized spacial score (nSPS) is 17.1. The van der Waals surface area contributed by atoms with Crippen LogP contribution in [0.1, 0.15) is 25.0 Å². The molecule has 1 N–H and O–H groups in total. The summed E-state index contributed by atoms with van der Waals surface area (Å²) < 4.78 is 7.64. The number of ether oxygens (including phenoxy) is 1. The van der Waals surface area contributed by atoms with Gasteiger partial charge in [-0.15, -0.1) is 0 Å². The van der Waals surface area contributed by atoms with Crippen molar-refractivity contribution in [2.24, 2.45) is 0 Å². The van der Waals surface area contributed by atoms with Crippen LogP contribution in [0.5, 0.6) is 0 Å². The minimum Gasteiger partial charge on any atom is -0.381 e. The average molecular weight is 299 g/mol. The molecule has 1 aliphatic heterocycles. The van der Waals surface area contributed by atoms with Crippen LogP contribution in [0.2, 0.25) is 0 Å². The first-order chi connectivity index (χ1) is 10.8. The van der Waals surface area contributed by atoms with Crippen LogP contribution < -0.4 is 5.32 Å². The van der Waals surface area contributed by atoms with E-state index in [9.17, 15) is 4.79 Å². The van der Waals surface area contributed by atoms with Crippen molar-refractivity contribution in [2.75, 3.05) is 13.2 Å². The van der Waals surface area contributed by atoms with Crippen molar-refractivity contribution in [3.05, 3.63) is 54.6 Å². The largest absolute Gasteiger partial charge is 0.381 e. The molecule has 1 amide bonds. The molecule has 2 aromatic heterocycles. The number of nitrogens with zero attached hydrogens (tertiary/aromatic N) is 2. The Balaban J connectivity index is 1.64. The molecule has 5 nitrogen and oxygen atoms in total. The van der Waals surface area contributed by atoms with Gasteiger partial charge in [0.2, 0.25) is 5.91 Å². The van der Waals surface area contributed by atoms with E-state index in [0.29, 0.717) is 26.2 Å². The maximum absolute atomic E-state index is 12.4. The molecular weight excluding hydrogens is 278 g/mol. The van der Waals surface area contributed by atoms with Crippen LogP contribution in [0.3, 0.4) is 0 Å². The molecule has 0 radical (unpaired) electrons. The molecule has 5 heteroatoms. The fourth-order valence-electron chi connectivity index (χ4n) is 2.98. The van der Waals surface area contributed by atoms with Gasteiger partial charge in [-0.25, -0.2) is 0 Å². The number of hydrogen-bond donors (Lipinski definition) is 1. The molecule has 2 aromatic rings. The Labute approximate surface area is 130 Å². The van der Waals surface area contributed by atoms with Crippen LogP contribution in [-0.2, 0) is 21.6 Å². The van der Waals surface area contributed by atoms with Gasteiger partial charge in [0.05, 0.1) is 24.2 Å². The highest BCUT2D eigenvalue weighted by Gasteiger charge is 2.35. The topological polar surface area (TPSA) is 56.1 Å². The Hall–Kier alpha value is -2.14. The molecular formula is C17H21N3O2. The standard InChI is InChI=1S/C17H21N3O2/c21-16(19-14-15-5-1-2-8-18-15)13-17(6-11-22-12-7-17)20-9-3-4-10-20/h1-5,8-10H,6-7,11-14H2,(H,19,21). The lowest BCUT2D eigenvalue weighted by molar-refractivity contribution is -0.124. The summed E-state index contributed by atoms with van der Waals surface area (Å²) in [5.74, 6) is 0.0567. The van der Waals surface area contributed by atoms with E-state index in [4.69, 9.17) is 4.74 Å². The maximum atomic E-state index is 12.4. The highest BCUT2D eigenvalue weighted by Crippen LogP contribution is 2.32. The first kappa shape index (κ1) is 14.8. The first-order valence-corrected chi connectivity index (χ1v) is 7.66. The van der Waals surface area contributed by atoms with Gasteiger partial charge >= 0.3 is 0 Å². The summed E-state index contributed by atoms with van der Waals surface area (Å²) in [6, 6.07) is 9.71. The Morgan fingerprint density at radius 2 is 2.00 bits per heavy atom. The lowest BCUT2D eigenvalue weighted by Gasteiger charge is -2.38. The smallest absolute Gasteiger partial charge is 0.222 e. The van der Waals surface area contributed by atoms with E-state index in [-0.39, 0.29) is 11.4 Å². The van der Waals surface area contributed by atoms with Crippen molar-refractivity contribution in [3.63, 3.8) is 0 Å². The van der Waals surface area contributed by atoms with Gasteiger partial charge in [-0.3, -0.25) is 9.78 Å². The molecule has 116 valence electrons. The Bertz CT molecular complexity index is 590. The number of amides is 1. The molecule has 3 heterocycles. The fraction of sp³-hybridized carbons (Fsp3) is 0.412. The monoisotopic (exact) mass is 299 g/mol. The second-order valence-corrected chi connectivity index (χ2v) is 5.70. The van der Waals surface area contributed by atoms with E-state index >= 15 is 0 Å². The van der Waals surface area contributed by atoms with Gasteiger partial charge in [-0.1, -0.05) is 6.07 Å². The summed E-state index contributed by atoms with van der Waals surface area (Å²) in [5.41, 5.74) is 0.702. The Morgan fingerprint density at radius 1 is 1.23 bits per heavy atom. The highest BCUT2D eigenvalue weighted by molar-refractivity contribution is 5.77. The number of aromatic nitrogens is 2. The highest BCUT2D eigenvalue weighted by atomic mass is 16.5. The average Bonchev–Trinajstić information content (AvgIpc) is 3.10. The number of carbonyl (C=O) groups excluding carboxylic acids is 1. The fourth-order valence-corrected chi connectivity index (χ4v) is 2.98. The SMILES string of the molecule is O=C(CC1(n2cccc2)CCOCC1)NCc1ccccn1. The molecule has 0 unspecified atom stereocenters. The van der Waals surface area contributed by atoms with E-state index in [0.717, 1.165) is 18.5 Å². The second-order valence-electron chi connectivity index (χ2n) is 5.70. The lowest BCUT2D eigenvalue weighted by atomic mass is 9.86. The summed E-state index contributed by atoms with van der Waals surface area (Å²) in [4.78, 5) is 16.6. The van der Waals surface area contributed by atoms with Crippen molar-refractivity contribution in [2.45, 2.75) is 31.3 Å². The number of pyridine rings is 1. The summed E-state index contributed by atoms with van der Waals surface area (Å²) in [6.07, 6.45) is 8.01. The minimum absolute atomic E-state index is 0.0567. The van der Waals surface area contributed by atoms with E-state index in [1.165, 1.54) is 0 Å². The predicted octanol–water partition coefficient (Wildman–Crippen LogP) is 2.10. The van der Waals surface area contributed by atoms with Crippen molar-refractivity contribution >= 4 is 5.91 Å². The third-order valence-corrected chi connectivity index (χ3v) is 4.26. The second kappa shape index (κ2) is 6.75. The van der Waals surface area contributed by atoms with Gasteiger partial charge in [0.15, 0.2) is 0 Å². The Kier molecular flexibility index (Phi) is 4.53. The number of nitrogens with one attached hydrogen (secondary N) is 1. The molecule has 0 bridgehead atoms. The van der Waals surface area contributed by atoms with Crippen LogP contribution in [0.4, 0.5) is 0 Å². The van der Waals surface area contributed by atoms with Gasteiger partial charge in [0.25, 0.3) is 0 Å². The van der Waals surface area contributed by atoms with Crippen molar-refractivity contribution in [3.8, 4) is 0 Å². The molecule has 1 aliphatic rings. The number of carbonyl (C=O) groups is 1. The van der Waals surface area contributed by atoms with Gasteiger partial charge in [-0.2, -0.15) is 0 Å². The number of rotatable bonds is 5. The summed E-state index contributed by atoms with van der Waals surface area (Å²) >= 11 is 0. The quantitative estimate of drug-likeness (QED) is 0.920. The molecule has 1 fully saturated rings. The van der Waals surface area contributed by atoms with Crippen molar-refractivity contribution in [1.29, 1.82) is 0 Å². The molecule has 0 aromatic carbocycles. The van der Waals surface area contributed by atoms with E-state index in [2.05, 4.69) is 14.9 Å². The maximum Gasteiger partial charge on any atom is 0.222 e. The minimum atomic E-state index is -0.171. The van der Waals surface area contributed by atoms with Gasteiger partial charge in [-0.05, 0) is 37.1 Å². The molecule has 0 atom stereocenters. The Morgan fingerprint density at radius 3 is 2.68 bits per heavy atom. The third-order valence-electron chi connectivity index (χ3n) is 4.26. The summed E-state index contributed by atoms with van der Waals surface area (Å²) in [7, 11) is 0. The van der Waals surface area contributed by atoms with Crippen LogP contribution in [-0.4, -0.2) is 28.7 Å². The summed E-state index contributed by atoms with van der Waals surface area (Å²) in [6.45, 7) is 1.87. The lowest BCUT2D eigenvalue weighted by Crippen LogP contribution is -2.43. The molecule has 0 saturated carbocycles.